The van der Waals surface area contributed by atoms with Crippen molar-refractivity contribution in [2.45, 2.75) is 98.1 Å². The molecule has 6 heteroatoms. The van der Waals surface area contributed by atoms with Crippen molar-refractivity contribution >= 4 is 0 Å². The van der Waals surface area contributed by atoms with Crippen LogP contribution < -0.4 is 20.1 Å². The Morgan fingerprint density at radius 3 is 2.08 bits per heavy atom. The topological polar surface area (TPSA) is 49.0 Å². The number of ether oxygens (including phenoxy) is 2. The van der Waals surface area contributed by atoms with Gasteiger partial charge in [0.1, 0.15) is 0 Å². The second-order valence-corrected chi connectivity index (χ2v) is 11.8. The van der Waals surface area contributed by atoms with E-state index in [1.54, 1.807) is 0 Å². The van der Waals surface area contributed by atoms with Crippen LogP contribution >= 0.6 is 0 Å². The minimum Gasteiger partial charge on any atom is -0.454 e. The second kappa shape index (κ2) is 15.9. The molecule has 0 aromatic heterocycles. The summed E-state index contributed by atoms with van der Waals surface area (Å²) >= 11 is 0. The zero-order valence-corrected chi connectivity index (χ0v) is 24.6. The third-order valence-electron chi connectivity index (χ3n) is 8.28. The molecular formula is C31H56N4O2. The molecule has 2 aliphatic heterocycles. The minimum atomic E-state index is 0.116. The largest absolute Gasteiger partial charge is 0.454 e. The summed E-state index contributed by atoms with van der Waals surface area (Å²) in [5.74, 6) is 3.34. The molecular weight excluding hydrogens is 460 g/mol. The molecule has 1 fully saturated rings. The summed E-state index contributed by atoms with van der Waals surface area (Å²) < 4.78 is 11.0. The number of unbranched alkanes of at least 4 members (excludes halogenated alkanes) is 2. The van der Waals surface area contributed by atoms with E-state index in [-0.39, 0.29) is 5.54 Å². The van der Waals surface area contributed by atoms with E-state index < -0.39 is 0 Å². The lowest BCUT2D eigenvalue weighted by Crippen LogP contribution is -2.65. The molecule has 1 saturated heterocycles. The Morgan fingerprint density at radius 2 is 1.49 bits per heavy atom. The van der Waals surface area contributed by atoms with Gasteiger partial charge in [-0.25, -0.2) is 0 Å². The number of hydrogen-bond acceptors (Lipinski definition) is 6. The van der Waals surface area contributed by atoms with Crippen molar-refractivity contribution in [3.63, 3.8) is 0 Å². The van der Waals surface area contributed by atoms with Gasteiger partial charge in [0.2, 0.25) is 6.79 Å². The maximum Gasteiger partial charge on any atom is 0.231 e. The van der Waals surface area contributed by atoms with E-state index in [2.05, 4.69) is 67.2 Å². The van der Waals surface area contributed by atoms with Gasteiger partial charge in [-0.3, -0.25) is 9.80 Å². The quantitative estimate of drug-likeness (QED) is 0.238. The lowest BCUT2D eigenvalue weighted by molar-refractivity contribution is 0.00519. The molecule has 0 radical (unpaired) electrons. The fourth-order valence-corrected chi connectivity index (χ4v) is 6.08. The van der Waals surface area contributed by atoms with E-state index in [1.165, 1.54) is 70.0 Å². The van der Waals surface area contributed by atoms with Gasteiger partial charge in [-0.05, 0) is 49.3 Å². The van der Waals surface area contributed by atoms with Crippen LogP contribution in [0.2, 0.25) is 0 Å². The van der Waals surface area contributed by atoms with Crippen molar-refractivity contribution < 1.29 is 9.47 Å². The van der Waals surface area contributed by atoms with E-state index in [4.69, 9.17) is 9.47 Å². The van der Waals surface area contributed by atoms with Crippen molar-refractivity contribution in [2.24, 2.45) is 11.8 Å². The Labute approximate surface area is 227 Å². The standard InChI is InChI=1S/C31H56N4O2/c1-6-10-12-26(8-3)20-34-22-31(5,23-35(24-34)21-27(9-4)13-11-7-2)33-17-16-32-19-28-14-15-29-30(18-28)37-25-36-29/h14-15,18,26-27,32-33H,6-13,16-17,19-25H2,1-5H3. The minimum absolute atomic E-state index is 0.116. The van der Waals surface area contributed by atoms with Crippen LogP contribution in [-0.4, -0.2) is 68.1 Å². The average molecular weight is 517 g/mol. The van der Waals surface area contributed by atoms with Gasteiger partial charge < -0.3 is 20.1 Å². The molecule has 6 nitrogen and oxygen atoms in total. The first-order valence-corrected chi connectivity index (χ1v) is 15.3. The number of hydrogen-bond donors (Lipinski definition) is 2. The van der Waals surface area contributed by atoms with E-state index >= 15 is 0 Å². The van der Waals surface area contributed by atoms with Crippen LogP contribution in [0.25, 0.3) is 0 Å². The lowest BCUT2D eigenvalue weighted by Gasteiger charge is -2.48. The van der Waals surface area contributed by atoms with Gasteiger partial charge in [-0.1, -0.05) is 72.3 Å². The smallest absolute Gasteiger partial charge is 0.231 e. The zero-order chi connectivity index (χ0) is 26.5. The Hall–Kier alpha value is -1.34. The number of benzene rings is 1. The molecule has 2 unspecified atom stereocenters. The van der Waals surface area contributed by atoms with Gasteiger partial charge in [0.15, 0.2) is 11.5 Å². The van der Waals surface area contributed by atoms with Crippen LogP contribution in [0.3, 0.4) is 0 Å². The van der Waals surface area contributed by atoms with E-state index in [0.29, 0.717) is 6.79 Å². The van der Waals surface area contributed by atoms with Crippen LogP contribution in [0, 0.1) is 11.8 Å². The second-order valence-electron chi connectivity index (χ2n) is 11.8. The average Bonchev–Trinajstić information content (AvgIpc) is 3.36. The highest BCUT2D eigenvalue weighted by Crippen LogP contribution is 2.32. The molecule has 0 amide bonds. The molecule has 3 rings (SSSR count). The van der Waals surface area contributed by atoms with Crippen molar-refractivity contribution in [1.29, 1.82) is 0 Å². The number of nitrogens with zero attached hydrogens (tertiary/aromatic N) is 2. The Morgan fingerprint density at radius 1 is 0.865 bits per heavy atom. The fourth-order valence-electron chi connectivity index (χ4n) is 6.08. The molecule has 2 atom stereocenters. The highest BCUT2D eigenvalue weighted by Gasteiger charge is 2.35. The van der Waals surface area contributed by atoms with Crippen LogP contribution in [0.1, 0.15) is 91.5 Å². The van der Waals surface area contributed by atoms with E-state index in [1.807, 2.05) is 6.07 Å². The van der Waals surface area contributed by atoms with Crippen molar-refractivity contribution in [3.8, 4) is 11.5 Å². The molecule has 1 aromatic carbocycles. The molecule has 37 heavy (non-hydrogen) atoms. The van der Waals surface area contributed by atoms with Gasteiger partial charge in [-0.2, -0.15) is 0 Å². The number of fused-ring (bicyclic) bond motifs is 1. The van der Waals surface area contributed by atoms with Gasteiger partial charge in [0.05, 0.1) is 6.67 Å². The lowest BCUT2D eigenvalue weighted by atomic mass is 9.93. The third kappa shape index (κ3) is 10.0. The van der Waals surface area contributed by atoms with Crippen molar-refractivity contribution in [1.82, 2.24) is 20.4 Å². The summed E-state index contributed by atoms with van der Waals surface area (Å²) in [6, 6.07) is 6.22. The first kappa shape index (κ1) is 30.2. The predicted octanol–water partition coefficient (Wildman–Crippen LogP) is 5.86. The summed E-state index contributed by atoms with van der Waals surface area (Å²) in [6.07, 6.45) is 10.6. The number of rotatable bonds is 18. The summed E-state index contributed by atoms with van der Waals surface area (Å²) in [7, 11) is 0. The van der Waals surface area contributed by atoms with Gasteiger partial charge in [-0.15, -0.1) is 0 Å². The maximum absolute atomic E-state index is 5.52. The molecule has 0 aliphatic carbocycles. The van der Waals surface area contributed by atoms with E-state index in [9.17, 15) is 0 Å². The molecule has 212 valence electrons. The highest BCUT2D eigenvalue weighted by molar-refractivity contribution is 5.44. The summed E-state index contributed by atoms with van der Waals surface area (Å²) in [5, 5.41) is 7.58. The first-order chi connectivity index (χ1) is 18.0. The van der Waals surface area contributed by atoms with Crippen LogP contribution in [0.15, 0.2) is 18.2 Å². The van der Waals surface area contributed by atoms with E-state index in [0.717, 1.165) is 62.7 Å². The molecule has 0 saturated carbocycles. The molecule has 2 aliphatic rings. The number of nitrogens with one attached hydrogen (secondary N) is 2. The maximum atomic E-state index is 5.52. The fraction of sp³-hybridized carbons (Fsp3) is 0.806. The van der Waals surface area contributed by atoms with Crippen molar-refractivity contribution in [2.75, 3.05) is 52.7 Å². The summed E-state index contributed by atoms with van der Waals surface area (Å²) in [5.41, 5.74) is 1.35. The Kier molecular flexibility index (Phi) is 13.0. The summed E-state index contributed by atoms with van der Waals surface area (Å²) in [6.45, 7) is 20.8. The molecule has 2 N–H and O–H groups in total. The third-order valence-corrected chi connectivity index (χ3v) is 8.28. The Bertz CT molecular complexity index is 748. The molecule has 1 aromatic rings. The van der Waals surface area contributed by atoms with Crippen LogP contribution in [-0.2, 0) is 6.54 Å². The van der Waals surface area contributed by atoms with Gasteiger partial charge in [0.25, 0.3) is 0 Å². The normalized spacial score (nSPS) is 21.9. The zero-order valence-electron chi connectivity index (χ0n) is 24.6. The van der Waals surface area contributed by atoms with Crippen LogP contribution in [0.5, 0.6) is 11.5 Å². The monoisotopic (exact) mass is 516 g/mol. The van der Waals surface area contributed by atoms with Crippen LogP contribution in [0.4, 0.5) is 0 Å². The SMILES string of the molecule is CCCCC(CC)CN1CN(CC(CC)CCCC)CC(C)(NCCNCc2ccc3c(c2)OCO3)C1. The van der Waals surface area contributed by atoms with Crippen molar-refractivity contribution in [3.05, 3.63) is 23.8 Å². The summed E-state index contributed by atoms with van der Waals surface area (Å²) in [4.78, 5) is 5.51. The van der Waals surface area contributed by atoms with Gasteiger partial charge in [0, 0.05) is 51.4 Å². The van der Waals surface area contributed by atoms with Gasteiger partial charge >= 0.3 is 0 Å². The Balaban J connectivity index is 1.52. The first-order valence-electron chi connectivity index (χ1n) is 15.3. The highest BCUT2D eigenvalue weighted by atomic mass is 16.7. The predicted molar refractivity (Wildman–Crippen MR) is 155 cm³/mol. The molecule has 0 bridgehead atoms. The molecule has 0 spiro atoms. The molecule has 2 heterocycles.